The van der Waals surface area contributed by atoms with Crippen molar-refractivity contribution in [3.8, 4) is 5.75 Å². The van der Waals surface area contributed by atoms with Crippen LogP contribution in [0.5, 0.6) is 5.75 Å². The van der Waals surface area contributed by atoms with Crippen molar-refractivity contribution >= 4 is 11.6 Å². The summed E-state index contributed by atoms with van der Waals surface area (Å²) in [7, 11) is 1.57. The molecule has 1 amide bonds. The number of hydrogen-bond acceptors (Lipinski definition) is 3. The Morgan fingerprint density at radius 1 is 1.09 bits per heavy atom. The minimum absolute atomic E-state index is 0.0889. The molecule has 0 saturated carbocycles. The number of benzene rings is 2. The fourth-order valence-electron chi connectivity index (χ4n) is 2.74. The Morgan fingerprint density at radius 3 is 2.45 bits per heavy atom. The van der Waals surface area contributed by atoms with Gasteiger partial charge in [-0.05, 0) is 17.7 Å². The van der Waals surface area contributed by atoms with Crippen molar-refractivity contribution in [3.05, 3.63) is 72.0 Å². The molecule has 2 aromatic rings. The molecule has 22 heavy (non-hydrogen) atoms. The number of ether oxygens (including phenoxy) is 1. The normalized spacial score (nSPS) is 18.0. The van der Waals surface area contributed by atoms with E-state index in [0.717, 1.165) is 5.56 Å². The highest BCUT2D eigenvalue weighted by atomic mass is 16.5. The summed E-state index contributed by atoms with van der Waals surface area (Å²) in [6.45, 7) is 0. The molecule has 0 aromatic heterocycles. The van der Waals surface area contributed by atoms with Gasteiger partial charge < -0.3 is 9.84 Å². The van der Waals surface area contributed by atoms with Gasteiger partial charge in [0, 0.05) is 12.5 Å². The lowest BCUT2D eigenvalue weighted by molar-refractivity contribution is -0.115. The van der Waals surface area contributed by atoms with Gasteiger partial charge in [0.1, 0.15) is 11.5 Å². The van der Waals surface area contributed by atoms with Gasteiger partial charge in [0.05, 0.1) is 18.8 Å². The van der Waals surface area contributed by atoms with Crippen molar-refractivity contribution in [2.45, 2.75) is 12.5 Å². The minimum atomic E-state index is -0.207. The SMILES string of the molecule is COC1=CC(=O)N(c2ccccc2O)C(c2ccccc2)C1. The molecule has 1 aliphatic rings. The lowest BCUT2D eigenvalue weighted by atomic mass is 9.96. The summed E-state index contributed by atoms with van der Waals surface area (Å²) in [5.41, 5.74) is 1.51. The van der Waals surface area contributed by atoms with E-state index in [-0.39, 0.29) is 17.7 Å². The van der Waals surface area contributed by atoms with Gasteiger partial charge in [-0.25, -0.2) is 0 Å². The molecular formula is C18H17NO3. The van der Waals surface area contributed by atoms with Crippen molar-refractivity contribution in [2.75, 3.05) is 12.0 Å². The number of phenols is 1. The molecule has 112 valence electrons. The molecule has 1 N–H and O–H groups in total. The van der Waals surface area contributed by atoms with E-state index >= 15 is 0 Å². The second-order valence-corrected chi connectivity index (χ2v) is 5.14. The molecule has 0 spiro atoms. The molecular weight excluding hydrogens is 278 g/mol. The maximum absolute atomic E-state index is 12.6. The highest BCUT2D eigenvalue weighted by Gasteiger charge is 2.32. The summed E-state index contributed by atoms with van der Waals surface area (Å²) in [5.74, 6) is 0.537. The van der Waals surface area contributed by atoms with E-state index < -0.39 is 0 Å². The number of aromatic hydroxyl groups is 1. The van der Waals surface area contributed by atoms with Gasteiger partial charge in [-0.3, -0.25) is 9.69 Å². The minimum Gasteiger partial charge on any atom is -0.506 e. The first kappa shape index (κ1) is 14.2. The quantitative estimate of drug-likeness (QED) is 0.944. The number of rotatable bonds is 3. The van der Waals surface area contributed by atoms with E-state index in [1.807, 2.05) is 30.3 Å². The first-order chi connectivity index (χ1) is 10.7. The molecule has 0 bridgehead atoms. The molecule has 1 heterocycles. The topological polar surface area (TPSA) is 49.8 Å². The number of phenolic OH excluding ortho intramolecular Hbond substituents is 1. The standard InChI is InChI=1S/C18H17NO3/c1-22-14-11-16(13-7-3-2-4-8-13)19(18(21)12-14)15-9-5-6-10-17(15)20/h2-10,12,16,20H,11H2,1H3. The van der Waals surface area contributed by atoms with Gasteiger partial charge in [0.25, 0.3) is 5.91 Å². The van der Waals surface area contributed by atoms with Gasteiger partial charge in [0.15, 0.2) is 0 Å². The first-order valence-electron chi connectivity index (χ1n) is 7.11. The lowest BCUT2D eigenvalue weighted by Crippen LogP contribution is -2.37. The van der Waals surface area contributed by atoms with Gasteiger partial charge in [-0.2, -0.15) is 0 Å². The number of carbonyl (C=O) groups is 1. The van der Waals surface area contributed by atoms with E-state index in [9.17, 15) is 9.90 Å². The Morgan fingerprint density at radius 2 is 1.77 bits per heavy atom. The molecule has 1 aliphatic heterocycles. The summed E-state index contributed by atoms with van der Waals surface area (Å²) in [4.78, 5) is 14.2. The molecule has 4 nitrogen and oxygen atoms in total. The number of anilines is 1. The van der Waals surface area contributed by atoms with Gasteiger partial charge in [0.2, 0.25) is 0 Å². The van der Waals surface area contributed by atoms with E-state index in [2.05, 4.69) is 0 Å². The Kier molecular flexibility index (Phi) is 3.83. The molecule has 0 radical (unpaired) electrons. The third-order valence-corrected chi connectivity index (χ3v) is 3.82. The van der Waals surface area contributed by atoms with Crippen molar-refractivity contribution < 1.29 is 14.6 Å². The Hall–Kier alpha value is -2.75. The Labute approximate surface area is 129 Å². The van der Waals surface area contributed by atoms with E-state index in [0.29, 0.717) is 17.9 Å². The molecule has 4 heteroatoms. The maximum atomic E-state index is 12.6. The number of amides is 1. The predicted octanol–water partition coefficient (Wildman–Crippen LogP) is 3.40. The van der Waals surface area contributed by atoms with Crippen LogP contribution in [0.25, 0.3) is 0 Å². The molecule has 0 fully saturated rings. The average molecular weight is 295 g/mol. The fourth-order valence-corrected chi connectivity index (χ4v) is 2.74. The third kappa shape index (κ3) is 2.55. The number of methoxy groups -OCH3 is 1. The number of carbonyl (C=O) groups excluding carboxylic acids is 1. The Balaban J connectivity index is 2.09. The average Bonchev–Trinajstić information content (AvgIpc) is 2.56. The highest BCUT2D eigenvalue weighted by Crippen LogP contribution is 2.39. The van der Waals surface area contributed by atoms with Crippen LogP contribution in [0.3, 0.4) is 0 Å². The monoisotopic (exact) mass is 295 g/mol. The lowest BCUT2D eigenvalue weighted by Gasteiger charge is -2.35. The van der Waals surface area contributed by atoms with E-state index in [1.54, 1.807) is 36.3 Å². The summed E-state index contributed by atoms with van der Waals surface area (Å²) in [6, 6.07) is 16.4. The number of para-hydroxylation sites is 2. The van der Waals surface area contributed by atoms with E-state index in [1.165, 1.54) is 6.08 Å². The van der Waals surface area contributed by atoms with Crippen LogP contribution < -0.4 is 4.90 Å². The van der Waals surface area contributed by atoms with Crippen LogP contribution in [-0.2, 0) is 9.53 Å². The van der Waals surface area contributed by atoms with Gasteiger partial charge >= 0.3 is 0 Å². The molecule has 1 unspecified atom stereocenters. The molecule has 0 saturated heterocycles. The van der Waals surface area contributed by atoms with Crippen molar-refractivity contribution in [1.29, 1.82) is 0 Å². The molecule has 3 rings (SSSR count). The van der Waals surface area contributed by atoms with E-state index in [4.69, 9.17) is 4.74 Å². The number of hydrogen-bond donors (Lipinski definition) is 1. The zero-order valence-corrected chi connectivity index (χ0v) is 12.3. The van der Waals surface area contributed by atoms with Crippen LogP contribution in [-0.4, -0.2) is 18.1 Å². The second kappa shape index (κ2) is 5.93. The van der Waals surface area contributed by atoms with Crippen LogP contribution in [0.1, 0.15) is 18.0 Å². The van der Waals surface area contributed by atoms with Crippen molar-refractivity contribution in [2.24, 2.45) is 0 Å². The van der Waals surface area contributed by atoms with Gasteiger partial charge in [-0.1, -0.05) is 42.5 Å². The Bertz CT molecular complexity index is 709. The smallest absolute Gasteiger partial charge is 0.255 e. The van der Waals surface area contributed by atoms with Crippen LogP contribution in [0.15, 0.2) is 66.4 Å². The zero-order chi connectivity index (χ0) is 15.5. The maximum Gasteiger partial charge on any atom is 0.255 e. The molecule has 0 aliphatic carbocycles. The van der Waals surface area contributed by atoms with Crippen LogP contribution >= 0.6 is 0 Å². The predicted molar refractivity (Wildman–Crippen MR) is 84.5 cm³/mol. The molecule has 1 atom stereocenters. The van der Waals surface area contributed by atoms with Crippen molar-refractivity contribution in [1.82, 2.24) is 0 Å². The largest absolute Gasteiger partial charge is 0.506 e. The zero-order valence-electron chi connectivity index (χ0n) is 12.3. The third-order valence-electron chi connectivity index (χ3n) is 3.82. The van der Waals surface area contributed by atoms with Crippen LogP contribution in [0.2, 0.25) is 0 Å². The summed E-state index contributed by atoms with van der Waals surface area (Å²) in [5, 5.41) is 10.1. The summed E-state index contributed by atoms with van der Waals surface area (Å²) >= 11 is 0. The second-order valence-electron chi connectivity index (χ2n) is 5.14. The van der Waals surface area contributed by atoms with Crippen LogP contribution in [0.4, 0.5) is 5.69 Å². The van der Waals surface area contributed by atoms with Gasteiger partial charge in [-0.15, -0.1) is 0 Å². The highest BCUT2D eigenvalue weighted by molar-refractivity contribution is 6.04. The number of nitrogens with zero attached hydrogens (tertiary/aromatic N) is 1. The van der Waals surface area contributed by atoms with Crippen LogP contribution in [0, 0.1) is 0 Å². The fraction of sp³-hybridized carbons (Fsp3) is 0.167. The van der Waals surface area contributed by atoms with Crippen molar-refractivity contribution in [3.63, 3.8) is 0 Å². The summed E-state index contributed by atoms with van der Waals surface area (Å²) < 4.78 is 5.28. The summed E-state index contributed by atoms with van der Waals surface area (Å²) in [6.07, 6.45) is 2.05. The molecule has 2 aromatic carbocycles. The first-order valence-corrected chi connectivity index (χ1v) is 7.11.